The molecule has 0 N–H and O–H groups in total. The molecule has 0 aliphatic rings. The van der Waals surface area contributed by atoms with Gasteiger partial charge in [0.25, 0.3) is 0 Å². The van der Waals surface area contributed by atoms with E-state index in [1.165, 1.54) is 212 Å². The maximum absolute atomic E-state index is 12.8. The third-order valence-electron chi connectivity index (χ3n) is 14.5. The largest absolute Gasteiger partial charge is 0.462 e. The van der Waals surface area contributed by atoms with Gasteiger partial charge in [-0.25, -0.2) is 0 Å². The van der Waals surface area contributed by atoms with Crippen LogP contribution in [-0.4, -0.2) is 37.2 Å². The number of carbonyl (C=O) groups excluding carboxylic acids is 3. The molecule has 0 aromatic heterocycles. The summed E-state index contributed by atoms with van der Waals surface area (Å²) in [7, 11) is 0. The van der Waals surface area contributed by atoms with Crippen molar-refractivity contribution in [2.75, 3.05) is 13.2 Å². The lowest BCUT2D eigenvalue weighted by Crippen LogP contribution is -2.30. The average Bonchev–Trinajstić information content (AvgIpc) is 3.42. The van der Waals surface area contributed by atoms with Crippen LogP contribution in [0.2, 0.25) is 0 Å². The topological polar surface area (TPSA) is 78.9 Å². The summed E-state index contributed by atoms with van der Waals surface area (Å²) in [4.78, 5) is 38.2. The van der Waals surface area contributed by atoms with Crippen LogP contribution < -0.4 is 0 Å². The summed E-state index contributed by atoms with van der Waals surface area (Å²) >= 11 is 0. The number of rotatable bonds is 60. The summed E-state index contributed by atoms with van der Waals surface area (Å²) in [5, 5.41) is 0. The monoisotopic (exact) mass is 1060 g/mol. The standard InChI is InChI=1S/C70H124O6/c1-4-7-10-13-16-19-22-25-27-28-29-30-31-32-33-34-35-36-37-38-39-40-41-43-45-48-51-54-57-60-63-69(72)75-66-67(65-74-68(71)62-59-56-53-50-47-44-24-21-18-15-12-9-6-3)76-70(73)64-61-58-55-52-49-46-42-26-23-20-17-14-11-8-5-2/h8,11,17,20-21,24,26,42,49,52,58,61,67H,4-7,9-10,12-16,18-19,22-23,25,27-41,43-48,50-51,53-57,59-60,62-66H2,1-3H3/b11-8-,20-17-,24-21-,42-26-,52-49-,61-58-. The van der Waals surface area contributed by atoms with Gasteiger partial charge >= 0.3 is 17.9 Å². The summed E-state index contributed by atoms with van der Waals surface area (Å²) in [6.45, 7) is 6.46. The Morgan fingerprint density at radius 2 is 0.553 bits per heavy atom. The zero-order valence-corrected chi connectivity index (χ0v) is 50.5. The Hall–Kier alpha value is -3.15. The molecule has 0 aliphatic heterocycles. The van der Waals surface area contributed by atoms with Crippen molar-refractivity contribution in [1.82, 2.24) is 0 Å². The van der Waals surface area contributed by atoms with Crippen molar-refractivity contribution >= 4 is 17.9 Å². The fraction of sp³-hybridized carbons (Fsp3) is 0.786. The summed E-state index contributed by atoms with van der Waals surface area (Å²) in [6, 6.07) is 0. The molecule has 0 aliphatic carbocycles. The van der Waals surface area contributed by atoms with E-state index in [9.17, 15) is 14.4 Å². The summed E-state index contributed by atoms with van der Waals surface area (Å²) in [5.41, 5.74) is 0. The molecular formula is C70H124O6. The van der Waals surface area contributed by atoms with Crippen LogP contribution >= 0.6 is 0 Å². The van der Waals surface area contributed by atoms with Gasteiger partial charge in [-0.2, -0.15) is 0 Å². The highest BCUT2D eigenvalue weighted by atomic mass is 16.6. The molecular weight excluding hydrogens is 937 g/mol. The van der Waals surface area contributed by atoms with Gasteiger partial charge in [-0.1, -0.05) is 318 Å². The molecule has 0 bridgehead atoms. The smallest absolute Gasteiger partial charge is 0.310 e. The van der Waals surface area contributed by atoms with Crippen molar-refractivity contribution in [3.63, 3.8) is 0 Å². The second kappa shape index (κ2) is 64.4. The molecule has 6 nitrogen and oxygen atoms in total. The molecule has 0 amide bonds. The molecule has 1 atom stereocenters. The molecule has 0 fully saturated rings. The molecule has 0 heterocycles. The van der Waals surface area contributed by atoms with Crippen LogP contribution in [0, 0.1) is 0 Å². The van der Waals surface area contributed by atoms with Crippen molar-refractivity contribution in [2.45, 2.75) is 341 Å². The highest BCUT2D eigenvalue weighted by Gasteiger charge is 2.19. The van der Waals surface area contributed by atoms with Crippen LogP contribution in [0.15, 0.2) is 72.9 Å². The molecule has 1 unspecified atom stereocenters. The number of esters is 3. The fourth-order valence-electron chi connectivity index (χ4n) is 9.58. The Morgan fingerprint density at radius 3 is 0.868 bits per heavy atom. The third-order valence-corrected chi connectivity index (χ3v) is 14.5. The van der Waals surface area contributed by atoms with E-state index in [0.717, 1.165) is 83.5 Å². The second-order valence-electron chi connectivity index (χ2n) is 22.0. The maximum Gasteiger partial charge on any atom is 0.310 e. The first-order valence-electron chi connectivity index (χ1n) is 32.9. The molecule has 440 valence electrons. The zero-order chi connectivity index (χ0) is 55.0. The maximum atomic E-state index is 12.8. The number of carbonyl (C=O) groups is 3. The van der Waals surface area contributed by atoms with Crippen molar-refractivity contribution in [1.29, 1.82) is 0 Å². The van der Waals surface area contributed by atoms with Gasteiger partial charge in [-0.05, 0) is 70.6 Å². The Morgan fingerprint density at radius 1 is 0.289 bits per heavy atom. The highest BCUT2D eigenvalue weighted by molar-refractivity contribution is 5.72. The number of hydrogen-bond acceptors (Lipinski definition) is 6. The third kappa shape index (κ3) is 61.7. The van der Waals surface area contributed by atoms with Crippen molar-refractivity contribution in [3.05, 3.63) is 72.9 Å². The van der Waals surface area contributed by atoms with E-state index in [0.29, 0.717) is 12.8 Å². The lowest BCUT2D eigenvalue weighted by atomic mass is 10.0. The zero-order valence-electron chi connectivity index (χ0n) is 50.5. The Bertz CT molecular complexity index is 1400. The van der Waals surface area contributed by atoms with Gasteiger partial charge in [0.1, 0.15) is 13.2 Å². The van der Waals surface area contributed by atoms with Gasteiger partial charge in [0.15, 0.2) is 6.10 Å². The van der Waals surface area contributed by atoms with Gasteiger partial charge in [0.05, 0.1) is 6.42 Å². The normalized spacial score (nSPS) is 12.5. The van der Waals surface area contributed by atoms with Gasteiger partial charge in [-0.15, -0.1) is 0 Å². The predicted molar refractivity (Wildman–Crippen MR) is 330 cm³/mol. The van der Waals surface area contributed by atoms with Crippen LogP contribution in [0.4, 0.5) is 0 Å². The van der Waals surface area contributed by atoms with Crippen LogP contribution in [0.3, 0.4) is 0 Å². The molecule has 6 heteroatoms. The SMILES string of the molecule is CC/C=C\C/C=C\C/C=C\C/C=C\C/C=C\CC(=O)OC(COC(=O)CCCCCCC/C=C\CCCCCC)COC(=O)CCCCCCCCCCCCCCCCCCCCCCCCCCCCCCCC. The van der Waals surface area contributed by atoms with Crippen molar-refractivity contribution in [2.24, 2.45) is 0 Å². The van der Waals surface area contributed by atoms with Crippen molar-refractivity contribution in [3.8, 4) is 0 Å². The fourth-order valence-corrected chi connectivity index (χ4v) is 9.58. The van der Waals surface area contributed by atoms with E-state index in [-0.39, 0.29) is 31.6 Å². The summed E-state index contributed by atoms with van der Waals surface area (Å²) in [5.74, 6) is -1.04. The second-order valence-corrected chi connectivity index (χ2v) is 22.0. The minimum absolute atomic E-state index is 0.0976. The van der Waals surface area contributed by atoms with Crippen LogP contribution in [0.25, 0.3) is 0 Å². The lowest BCUT2D eigenvalue weighted by Gasteiger charge is -2.18. The molecule has 76 heavy (non-hydrogen) atoms. The summed E-state index contributed by atoms with van der Waals surface area (Å²) in [6.07, 6.45) is 84.0. The van der Waals surface area contributed by atoms with Gasteiger partial charge in [0, 0.05) is 12.8 Å². The average molecular weight is 1060 g/mol. The first-order valence-corrected chi connectivity index (χ1v) is 32.9. The van der Waals surface area contributed by atoms with E-state index in [1.54, 1.807) is 6.08 Å². The van der Waals surface area contributed by atoms with Crippen LogP contribution in [-0.2, 0) is 28.6 Å². The van der Waals surface area contributed by atoms with E-state index >= 15 is 0 Å². The molecule has 0 radical (unpaired) electrons. The van der Waals surface area contributed by atoms with Gasteiger partial charge in [-0.3, -0.25) is 14.4 Å². The van der Waals surface area contributed by atoms with E-state index in [1.807, 2.05) is 6.08 Å². The first-order chi connectivity index (χ1) is 37.5. The molecule has 0 saturated carbocycles. The predicted octanol–water partition coefficient (Wildman–Crippen LogP) is 22.5. The number of hydrogen-bond donors (Lipinski definition) is 0. The van der Waals surface area contributed by atoms with Gasteiger partial charge in [0.2, 0.25) is 0 Å². The Kier molecular flexibility index (Phi) is 61.7. The molecule has 0 rings (SSSR count). The summed E-state index contributed by atoms with van der Waals surface area (Å²) < 4.78 is 16.8. The number of allylic oxidation sites excluding steroid dienone is 11. The number of unbranched alkanes of at least 4 members (excludes halogenated alkanes) is 38. The van der Waals surface area contributed by atoms with E-state index < -0.39 is 12.1 Å². The van der Waals surface area contributed by atoms with Crippen molar-refractivity contribution < 1.29 is 28.6 Å². The lowest BCUT2D eigenvalue weighted by molar-refractivity contribution is -0.166. The van der Waals surface area contributed by atoms with Crippen LogP contribution in [0.1, 0.15) is 335 Å². The quantitative estimate of drug-likeness (QED) is 0.0261. The molecule has 0 aromatic rings. The van der Waals surface area contributed by atoms with Crippen LogP contribution in [0.5, 0.6) is 0 Å². The highest BCUT2D eigenvalue weighted by Crippen LogP contribution is 2.18. The molecule has 0 saturated heterocycles. The Labute approximate surface area is 472 Å². The van der Waals surface area contributed by atoms with E-state index in [2.05, 4.69) is 81.5 Å². The van der Waals surface area contributed by atoms with Gasteiger partial charge < -0.3 is 14.2 Å². The Balaban J connectivity index is 4.20. The van der Waals surface area contributed by atoms with E-state index in [4.69, 9.17) is 14.2 Å². The number of ether oxygens (including phenoxy) is 3. The first kappa shape index (κ1) is 72.8. The minimum atomic E-state index is -0.832. The minimum Gasteiger partial charge on any atom is -0.462 e. The molecule has 0 spiro atoms. The molecule has 0 aromatic carbocycles.